The number of amides is 1. The predicted molar refractivity (Wildman–Crippen MR) is 117 cm³/mol. The quantitative estimate of drug-likeness (QED) is 0.462. The van der Waals surface area contributed by atoms with Crippen LogP contribution >= 0.6 is 15.9 Å². The maximum atomic E-state index is 13.5. The summed E-state index contributed by atoms with van der Waals surface area (Å²) >= 11 is 3.51. The van der Waals surface area contributed by atoms with Gasteiger partial charge in [-0.2, -0.15) is 0 Å². The van der Waals surface area contributed by atoms with Crippen LogP contribution in [0.3, 0.4) is 0 Å². The van der Waals surface area contributed by atoms with Crippen molar-refractivity contribution in [1.82, 2.24) is 4.57 Å². The van der Waals surface area contributed by atoms with E-state index >= 15 is 0 Å². The number of aromatic nitrogens is 1. The zero-order valence-corrected chi connectivity index (χ0v) is 17.0. The van der Waals surface area contributed by atoms with Crippen LogP contribution in [0.15, 0.2) is 83.5 Å². The largest absolute Gasteiger partial charge is 0.350 e. The van der Waals surface area contributed by atoms with E-state index < -0.39 is 5.41 Å². The highest BCUT2D eigenvalue weighted by molar-refractivity contribution is 9.10. The van der Waals surface area contributed by atoms with Crippen molar-refractivity contribution >= 4 is 38.4 Å². The lowest BCUT2D eigenvalue weighted by atomic mass is 9.71. The normalized spacial score (nSPS) is 18.3. The number of carbonyl (C=O) groups is 1. The Morgan fingerprint density at radius 3 is 2.46 bits per heavy atom. The van der Waals surface area contributed by atoms with Crippen molar-refractivity contribution in [2.45, 2.75) is 11.8 Å². The van der Waals surface area contributed by atoms with Crippen LogP contribution in [0.5, 0.6) is 0 Å². The van der Waals surface area contributed by atoms with Crippen LogP contribution in [-0.2, 0) is 23.7 Å². The maximum absolute atomic E-state index is 13.5. The molecule has 3 nitrogen and oxygen atoms in total. The summed E-state index contributed by atoms with van der Waals surface area (Å²) in [7, 11) is 2.04. The fraction of sp³-hybridized carbons (Fsp3) is 0.125. The van der Waals surface area contributed by atoms with Crippen molar-refractivity contribution in [1.29, 1.82) is 0 Å². The van der Waals surface area contributed by atoms with Crippen molar-refractivity contribution in [3.05, 3.63) is 100 Å². The molecule has 0 bridgehead atoms. The minimum atomic E-state index is -0.759. The standard InChI is InChI=1S/C24H19BrN2O/c1-27-15-20(18-6-2-5-9-22(18)27)24(14-16-10-12-17(25)13-11-16)19-7-3-4-8-21(19)26-23(24)28/h2-13,15H,14H2,1H3,(H,26,28)/t24-/m1/s1. The minimum Gasteiger partial charge on any atom is -0.350 e. The lowest BCUT2D eigenvalue weighted by Gasteiger charge is -2.28. The molecule has 3 aromatic carbocycles. The first-order valence-corrected chi connectivity index (χ1v) is 10.1. The van der Waals surface area contributed by atoms with Gasteiger partial charge < -0.3 is 9.88 Å². The van der Waals surface area contributed by atoms with Crippen LogP contribution in [-0.4, -0.2) is 10.5 Å². The van der Waals surface area contributed by atoms with Crippen LogP contribution in [0.2, 0.25) is 0 Å². The smallest absolute Gasteiger partial charge is 0.240 e. The molecule has 0 fully saturated rings. The summed E-state index contributed by atoms with van der Waals surface area (Å²) in [4.78, 5) is 13.5. The summed E-state index contributed by atoms with van der Waals surface area (Å²) in [5, 5.41) is 4.25. The highest BCUT2D eigenvalue weighted by Crippen LogP contribution is 2.47. The molecule has 0 saturated carbocycles. The number of aryl methyl sites for hydroxylation is 1. The Labute approximate surface area is 172 Å². The Hall–Kier alpha value is -2.85. The summed E-state index contributed by atoms with van der Waals surface area (Å²) in [5.74, 6) is 0.0352. The molecule has 0 saturated heterocycles. The van der Waals surface area contributed by atoms with E-state index in [4.69, 9.17) is 0 Å². The van der Waals surface area contributed by atoms with Crippen LogP contribution in [0.1, 0.15) is 16.7 Å². The maximum Gasteiger partial charge on any atom is 0.240 e. The second-order valence-electron chi connectivity index (χ2n) is 7.38. The molecule has 1 aromatic heterocycles. The van der Waals surface area contributed by atoms with Crippen molar-refractivity contribution < 1.29 is 4.79 Å². The number of fused-ring (bicyclic) bond motifs is 2. The number of rotatable bonds is 3. The number of benzene rings is 3. The molecule has 1 aliphatic rings. The van der Waals surface area contributed by atoms with E-state index in [9.17, 15) is 4.79 Å². The molecular weight excluding hydrogens is 412 g/mol. The van der Waals surface area contributed by atoms with Gasteiger partial charge in [-0.1, -0.05) is 64.5 Å². The van der Waals surface area contributed by atoms with Crippen molar-refractivity contribution in [2.24, 2.45) is 7.05 Å². The predicted octanol–water partition coefficient (Wildman–Crippen LogP) is 5.42. The van der Waals surface area contributed by atoms with Crippen LogP contribution in [0, 0.1) is 0 Å². The second-order valence-corrected chi connectivity index (χ2v) is 8.29. The van der Waals surface area contributed by atoms with E-state index in [0.717, 1.165) is 37.8 Å². The van der Waals surface area contributed by atoms with Crippen molar-refractivity contribution in [2.75, 3.05) is 5.32 Å². The molecule has 138 valence electrons. The van der Waals surface area contributed by atoms with Gasteiger partial charge in [-0.25, -0.2) is 0 Å². The first-order chi connectivity index (χ1) is 13.6. The number of hydrogen-bond donors (Lipinski definition) is 1. The third-order valence-electron chi connectivity index (χ3n) is 5.76. The molecule has 28 heavy (non-hydrogen) atoms. The number of nitrogens with zero attached hydrogens (tertiary/aromatic N) is 1. The SMILES string of the molecule is Cn1cc([C@]2(Cc3ccc(Br)cc3)C(=O)Nc3ccccc32)c2ccccc21. The zero-order valence-electron chi connectivity index (χ0n) is 15.4. The Morgan fingerprint density at radius 2 is 1.64 bits per heavy atom. The van der Waals surface area contributed by atoms with Gasteiger partial charge in [0.05, 0.1) is 0 Å². The summed E-state index contributed by atoms with van der Waals surface area (Å²) < 4.78 is 3.15. The molecule has 4 heteroatoms. The van der Waals surface area contributed by atoms with Crippen LogP contribution in [0.4, 0.5) is 5.69 Å². The van der Waals surface area contributed by atoms with Gasteiger partial charge in [-0.15, -0.1) is 0 Å². The van der Waals surface area contributed by atoms with Gasteiger partial charge in [0.2, 0.25) is 5.91 Å². The van der Waals surface area contributed by atoms with E-state index in [0.29, 0.717) is 6.42 Å². The lowest BCUT2D eigenvalue weighted by molar-refractivity contribution is -0.119. The summed E-state index contributed by atoms with van der Waals surface area (Å²) in [6.45, 7) is 0. The highest BCUT2D eigenvalue weighted by Gasteiger charge is 2.49. The molecule has 1 N–H and O–H groups in total. The van der Waals surface area contributed by atoms with Gasteiger partial charge in [-0.05, 0) is 47.4 Å². The molecular formula is C24H19BrN2O. The number of para-hydroxylation sites is 2. The average Bonchev–Trinajstić information content (AvgIpc) is 3.19. The Balaban J connectivity index is 1.81. The van der Waals surface area contributed by atoms with E-state index in [1.54, 1.807) is 0 Å². The highest BCUT2D eigenvalue weighted by atomic mass is 79.9. The van der Waals surface area contributed by atoms with Gasteiger partial charge in [0.25, 0.3) is 0 Å². The van der Waals surface area contributed by atoms with E-state index in [-0.39, 0.29) is 5.91 Å². The molecule has 0 spiro atoms. The van der Waals surface area contributed by atoms with Crippen molar-refractivity contribution in [3.63, 3.8) is 0 Å². The molecule has 2 heterocycles. The number of anilines is 1. The molecule has 1 amide bonds. The Bertz CT molecular complexity index is 1210. The average molecular weight is 431 g/mol. The topological polar surface area (TPSA) is 34.0 Å². The van der Waals surface area contributed by atoms with E-state index in [2.05, 4.69) is 62.3 Å². The summed E-state index contributed by atoms with van der Waals surface area (Å²) in [5.41, 5.74) is 4.49. The molecule has 0 unspecified atom stereocenters. The number of nitrogens with one attached hydrogen (secondary N) is 1. The Morgan fingerprint density at radius 1 is 0.929 bits per heavy atom. The molecule has 1 atom stereocenters. The van der Waals surface area contributed by atoms with Crippen molar-refractivity contribution in [3.8, 4) is 0 Å². The first kappa shape index (κ1) is 17.3. The van der Waals surface area contributed by atoms with Crippen LogP contribution in [0.25, 0.3) is 10.9 Å². The molecule has 1 aliphatic heterocycles. The molecule has 0 aliphatic carbocycles. The third kappa shape index (κ3) is 2.45. The molecule has 5 rings (SSSR count). The number of hydrogen-bond acceptors (Lipinski definition) is 1. The fourth-order valence-corrected chi connectivity index (χ4v) is 4.71. The minimum absolute atomic E-state index is 0.0352. The molecule has 0 radical (unpaired) electrons. The van der Waals surface area contributed by atoms with Crippen LogP contribution < -0.4 is 5.32 Å². The van der Waals surface area contributed by atoms with Gasteiger partial charge in [0, 0.05) is 34.3 Å². The zero-order chi connectivity index (χ0) is 19.3. The summed E-state index contributed by atoms with van der Waals surface area (Å²) in [6, 6.07) is 24.6. The van der Waals surface area contributed by atoms with Gasteiger partial charge in [0.15, 0.2) is 0 Å². The number of carbonyl (C=O) groups excluding carboxylic acids is 1. The lowest BCUT2D eigenvalue weighted by Crippen LogP contribution is -2.38. The monoisotopic (exact) mass is 430 g/mol. The summed E-state index contributed by atoms with van der Waals surface area (Å²) in [6.07, 6.45) is 2.72. The number of halogens is 1. The molecule has 4 aromatic rings. The fourth-order valence-electron chi connectivity index (χ4n) is 4.44. The van der Waals surface area contributed by atoms with Gasteiger partial charge in [-0.3, -0.25) is 4.79 Å². The van der Waals surface area contributed by atoms with E-state index in [1.807, 2.05) is 49.5 Å². The Kier molecular flexibility index (Phi) is 3.91. The third-order valence-corrected chi connectivity index (χ3v) is 6.29. The second kappa shape index (κ2) is 6.35. The van der Waals surface area contributed by atoms with E-state index in [1.165, 1.54) is 0 Å². The van der Waals surface area contributed by atoms with Gasteiger partial charge in [0.1, 0.15) is 5.41 Å². The van der Waals surface area contributed by atoms with Gasteiger partial charge >= 0.3 is 0 Å². The first-order valence-electron chi connectivity index (χ1n) is 9.29.